The lowest BCUT2D eigenvalue weighted by Crippen LogP contribution is -2.48. The van der Waals surface area contributed by atoms with Gasteiger partial charge in [0.15, 0.2) is 0 Å². The SMILES string of the molecule is Cc1cccc(NC(=O)N(CC(=O)N2c3ccccc3-n3cccc3C2c2ccco2)C2CC2)c1. The van der Waals surface area contributed by atoms with Crippen LogP contribution in [0.15, 0.2) is 89.7 Å². The number of anilines is 2. The molecule has 1 atom stereocenters. The van der Waals surface area contributed by atoms with Crippen LogP contribution in [0.3, 0.4) is 0 Å². The van der Waals surface area contributed by atoms with E-state index < -0.39 is 6.04 Å². The standard InChI is InChI=1S/C28H26N4O3/c1-19-7-4-8-20(17-19)29-28(34)31(21-13-14-21)18-26(33)32-23-10-3-2-9-22(23)30-15-5-11-24(30)27(32)25-12-6-16-35-25/h2-12,15-17,21,27H,13-14,18H2,1H3,(H,29,34). The first-order chi connectivity index (χ1) is 17.1. The number of hydrogen-bond donors (Lipinski definition) is 1. The highest BCUT2D eigenvalue weighted by Crippen LogP contribution is 2.42. The Morgan fingerprint density at radius 3 is 2.57 bits per heavy atom. The van der Waals surface area contributed by atoms with Crippen LogP contribution in [0.2, 0.25) is 0 Å². The monoisotopic (exact) mass is 466 g/mol. The van der Waals surface area contributed by atoms with Gasteiger partial charge >= 0.3 is 6.03 Å². The molecule has 3 amide bonds. The molecule has 6 rings (SSSR count). The number of aryl methyl sites for hydroxylation is 1. The second-order valence-corrected chi connectivity index (χ2v) is 9.13. The van der Waals surface area contributed by atoms with E-state index in [1.54, 1.807) is 16.1 Å². The van der Waals surface area contributed by atoms with Gasteiger partial charge in [-0.3, -0.25) is 9.69 Å². The van der Waals surface area contributed by atoms with Gasteiger partial charge in [-0.25, -0.2) is 4.79 Å². The number of urea groups is 1. The summed E-state index contributed by atoms with van der Waals surface area (Å²) in [4.78, 5) is 30.7. The van der Waals surface area contributed by atoms with Gasteiger partial charge in [-0.05, 0) is 73.9 Å². The van der Waals surface area contributed by atoms with Gasteiger partial charge in [0.1, 0.15) is 18.3 Å². The van der Waals surface area contributed by atoms with Crippen molar-refractivity contribution < 1.29 is 14.0 Å². The molecule has 2 aromatic carbocycles. The predicted octanol–water partition coefficient (Wildman–Crippen LogP) is 5.51. The van der Waals surface area contributed by atoms with E-state index in [-0.39, 0.29) is 24.5 Å². The predicted molar refractivity (Wildman–Crippen MR) is 134 cm³/mol. The molecule has 1 saturated carbocycles. The number of nitrogens with one attached hydrogen (secondary N) is 1. The molecule has 0 spiro atoms. The second-order valence-electron chi connectivity index (χ2n) is 9.13. The van der Waals surface area contributed by atoms with Crippen molar-refractivity contribution in [2.24, 2.45) is 0 Å². The second kappa shape index (κ2) is 8.51. The average Bonchev–Trinajstić information content (AvgIpc) is 3.32. The Balaban J connectivity index is 1.34. The summed E-state index contributed by atoms with van der Waals surface area (Å²) in [7, 11) is 0. The molecule has 176 valence electrons. The van der Waals surface area contributed by atoms with Crippen molar-refractivity contribution in [3.05, 3.63) is 102 Å². The summed E-state index contributed by atoms with van der Waals surface area (Å²) in [6.07, 6.45) is 5.42. The van der Waals surface area contributed by atoms with E-state index >= 15 is 0 Å². The van der Waals surface area contributed by atoms with Crippen molar-refractivity contribution in [2.75, 3.05) is 16.8 Å². The van der Waals surface area contributed by atoms with Gasteiger partial charge in [-0.15, -0.1) is 0 Å². The van der Waals surface area contributed by atoms with Crippen molar-refractivity contribution in [1.82, 2.24) is 9.47 Å². The number of hydrogen-bond acceptors (Lipinski definition) is 3. The number of furan rings is 1. The van der Waals surface area contributed by atoms with Crippen molar-refractivity contribution >= 4 is 23.3 Å². The minimum atomic E-state index is -0.428. The summed E-state index contributed by atoms with van der Waals surface area (Å²) in [5, 5.41) is 2.98. The van der Waals surface area contributed by atoms with Crippen LogP contribution in [-0.2, 0) is 4.79 Å². The summed E-state index contributed by atoms with van der Waals surface area (Å²) in [5.74, 6) is 0.521. The van der Waals surface area contributed by atoms with Crippen LogP contribution in [-0.4, -0.2) is 34.0 Å². The molecule has 7 nitrogen and oxygen atoms in total. The van der Waals surface area contributed by atoms with Gasteiger partial charge in [0.05, 0.1) is 23.3 Å². The first kappa shape index (κ1) is 21.3. The Morgan fingerprint density at radius 2 is 1.83 bits per heavy atom. The number of nitrogens with zero attached hydrogens (tertiary/aromatic N) is 3. The molecule has 1 unspecified atom stereocenters. The third-order valence-electron chi connectivity index (χ3n) is 6.62. The van der Waals surface area contributed by atoms with Gasteiger partial charge < -0.3 is 19.2 Å². The number of carbonyl (C=O) groups excluding carboxylic acids is 2. The van der Waals surface area contributed by atoms with Crippen LogP contribution in [0.5, 0.6) is 0 Å². The Bertz CT molecular complexity index is 1390. The van der Waals surface area contributed by atoms with E-state index in [0.29, 0.717) is 5.76 Å². The molecule has 1 aliphatic heterocycles. The van der Waals surface area contributed by atoms with Crippen LogP contribution in [0.4, 0.5) is 16.2 Å². The minimum Gasteiger partial charge on any atom is -0.467 e. The van der Waals surface area contributed by atoms with Gasteiger partial charge in [0.25, 0.3) is 0 Å². The fourth-order valence-electron chi connectivity index (χ4n) is 4.87. The normalized spacial score (nSPS) is 16.4. The molecular weight excluding hydrogens is 440 g/mol. The molecule has 2 aliphatic rings. The largest absolute Gasteiger partial charge is 0.467 e. The third-order valence-corrected chi connectivity index (χ3v) is 6.62. The molecule has 7 heteroatoms. The zero-order valence-electron chi connectivity index (χ0n) is 19.4. The maximum Gasteiger partial charge on any atom is 0.322 e. The molecule has 1 aliphatic carbocycles. The third kappa shape index (κ3) is 3.89. The molecule has 3 heterocycles. The van der Waals surface area contributed by atoms with Gasteiger partial charge in [-0.2, -0.15) is 0 Å². The number of benzene rings is 2. The smallest absolute Gasteiger partial charge is 0.322 e. The average molecular weight is 467 g/mol. The Morgan fingerprint density at radius 1 is 1.00 bits per heavy atom. The summed E-state index contributed by atoms with van der Waals surface area (Å²) >= 11 is 0. The lowest BCUT2D eigenvalue weighted by Gasteiger charge is -2.38. The lowest BCUT2D eigenvalue weighted by molar-refractivity contribution is -0.119. The Kier molecular flexibility index (Phi) is 5.17. The van der Waals surface area contributed by atoms with Crippen LogP contribution < -0.4 is 10.2 Å². The van der Waals surface area contributed by atoms with Gasteiger partial charge in [0, 0.05) is 17.9 Å². The molecule has 1 N–H and O–H groups in total. The van der Waals surface area contributed by atoms with Crippen LogP contribution in [0.1, 0.15) is 35.9 Å². The zero-order valence-corrected chi connectivity index (χ0v) is 19.4. The maximum atomic E-state index is 14.0. The van der Waals surface area contributed by atoms with Crippen LogP contribution in [0, 0.1) is 6.92 Å². The topological polar surface area (TPSA) is 70.7 Å². The van der Waals surface area contributed by atoms with E-state index in [4.69, 9.17) is 4.42 Å². The molecule has 4 aromatic rings. The number of amides is 3. The molecule has 0 radical (unpaired) electrons. The highest BCUT2D eigenvalue weighted by Gasteiger charge is 2.40. The number of para-hydroxylation sites is 2. The fraction of sp³-hybridized carbons (Fsp3) is 0.214. The number of rotatable bonds is 5. The van der Waals surface area contributed by atoms with Crippen LogP contribution >= 0.6 is 0 Å². The molecule has 2 aromatic heterocycles. The van der Waals surface area contributed by atoms with E-state index in [0.717, 1.165) is 41.2 Å². The number of fused-ring (bicyclic) bond motifs is 3. The summed E-state index contributed by atoms with van der Waals surface area (Å²) < 4.78 is 7.89. The fourth-order valence-corrected chi connectivity index (χ4v) is 4.87. The van der Waals surface area contributed by atoms with Crippen molar-refractivity contribution in [3.63, 3.8) is 0 Å². The first-order valence-corrected chi connectivity index (χ1v) is 11.9. The Hall–Kier alpha value is -4.26. The van der Waals surface area contributed by atoms with E-state index in [1.165, 1.54) is 0 Å². The van der Waals surface area contributed by atoms with Crippen molar-refractivity contribution in [1.29, 1.82) is 0 Å². The number of carbonyl (C=O) groups is 2. The molecule has 35 heavy (non-hydrogen) atoms. The van der Waals surface area contributed by atoms with Crippen molar-refractivity contribution in [2.45, 2.75) is 31.8 Å². The Labute approximate surface area is 203 Å². The highest BCUT2D eigenvalue weighted by atomic mass is 16.3. The van der Waals surface area contributed by atoms with Crippen molar-refractivity contribution in [3.8, 4) is 5.69 Å². The molecule has 0 saturated heterocycles. The van der Waals surface area contributed by atoms with E-state index in [9.17, 15) is 9.59 Å². The first-order valence-electron chi connectivity index (χ1n) is 11.9. The summed E-state index contributed by atoms with van der Waals surface area (Å²) in [6, 6.07) is 22.6. The quantitative estimate of drug-likeness (QED) is 0.422. The van der Waals surface area contributed by atoms with Gasteiger partial charge in [0.2, 0.25) is 5.91 Å². The van der Waals surface area contributed by atoms with E-state index in [2.05, 4.69) is 9.88 Å². The van der Waals surface area contributed by atoms with Crippen LogP contribution in [0.25, 0.3) is 5.69 Å². The van der Waals surface area contributed by atoms with Gasteiger partial charge in [-0.1, -0.05) is 24.3 Å². The minimum absolute atomic E-state index is 0.0193. The molecular formula is C28H26N4O3. The maximum absolute atomic E-state index is 14.0. The highest BCUT2D eigenvalue weighted by molar-refractivity contribution is 6.01. The lowest BCUT2D eigenvalue weighted by atomic mass is 10.0. The van der Waals surface area contributed by atoms with E-state index in [1.807, 2.05) is 85.9 Å². The molecule has 0 bridgehead atoms. The zero-order chi connectivity index (χ0) is 23.9. The summed E-state index contributed by atoms with van der Waals surface area (Å²) in [5.41, 5.74) is 4.44. The summed E-state index contributed by atoms with van der Waals surface area (Å²) in [6.45, 7) is 1.96. The number of aromatic nitrogens is 1. The molecule has 1 fully saturated rings.